The Balaban J connectivity index is 2.06. The fourth-order valence-electron chi connectivity index (χ4n) is 1.67. The number of halogens is 2. The van der Waals surface area contributed by atoms with Gasteiger partial charge in [0.2, 0.25) is 10.8 Å². The summed E-state index contributed by atoms with van der Waals surface area (Å²) >= 11 is 16.1. The smallest absolute Gasteiger partial charge is 0.361 e. The summed E-state index contributed by atoms with van der Waals surface area (Å²) in [6.07, 6.45) is 6.52. The molecule has 25 heavy (non-hydrogen) atoms. The van der Waals surface area contributed by atoms with E-state index in [1.807, 2.05) is 0 Å². The Morgan fingerprint density at radius 3 is 2.56 bits per heavy atom. The summed E-state index contributed by atoms with van der Waals surface area (Å²) in [5.41, 5.74) is 0. The molecule has 0 saturated heterocycles. The summed E-state index contributed by atoms with van der Waals surface area (Å²) in [7, 11) is 0. The number of carbonyl (C=O) groups excluding carboxylic acids is 1. The Hall–Kier alpha value is -2.07. The Labute approximate surface area is 160 Å². The van der Waals surface area contributed by atoms with E-state index in [1.54, 1.807) is 30.3 Å². The maximum Gasteiger partial charge on any atom is 0.361 e. The van der Waals surface area contributed by atoms with Crippen molar-refractivity contribution in [3.05, 3.63) is 46.6 Å². The largest absolute Gasteiger partial charge is 0.466 e. The molecular formula is C17H13Cl2NO4S. The van der Waals surface area contributed by atoms with Crippen LogP contribution in [0.5, 0.6) is 17.4 Å². The molecular weight excluding hydrogens is 385 g/mol. The minimum atomic E-state index is -1.49. The van der Waals surface area contributed by atoms with Crippen molar-refractivity contribution in [1.29, 1.82) is 0 Å². The fourth-order valence-corrected chi connectivity index (χ4v) is 2.13. The molecule has 0 aliphatic heterocycles. The number of benzene rings is 1. The number of aromatic nitrogens is 1. The molecule has 1 aromatic carbocycles. The van der Waals surface area contributed by atoms with Crippen molar-refractivity contribution >= 4 is 41.8 Å². The molecule has 1 aromatic heterocycles. The van der Waals surface area contributed by atoms with E-state index < -0.39 is 10.9 Å². The van der Waals surface area contributed by atoms with Gasteiger partial charge in [-0.2, -0.15) is 0 Å². The van der Waals surface area contributed by atoms with Gasteiger partial charge in [-0.15, -0.1) is 19.1 Å². The van der Waals surface area contributed by atoms with Crippen LogP contribution in [0.25, 0.3) is 0 Å². The Morgan fingerprint density at radius 2 is 1.92 bits per heavy atom. The molecule has 0 radical (unpaired) electrons. The molecule has 0 amide bonds. The Morgan fingerprint density at radius 1 is 1.28 bits per heavy atom. The van der Waals surface area contributed by atoms with Crippen LogP contribution >= 0.6 is 35.8 Å². The van der Waals surface area contributed by atoms with Crippen molar-refractivity contribution in [3.8, 4) is 29.7 Å². The number of rotatable bonds is 6. The molecule has 0 N–H and O–H groups in total. The van der Waals surface area contributed by atoms with Gasteiger partial charge in [-0.25, -0.2) is 9.78 Å². The SMILES string of the molecule is C#CCOC(=O)C(C)(S)Oc1ccc(Oc2nccc(Cl)c2Cl)cc1. The molecule has 0 aliphatic carbocycles. The van der Waals surface area contributed by atoms with E-state index in [4.69, 9.17) is 43.8 Å². The number of pyridine rings is 1. The van der Waals surface area contributed by atoms with Crippen LogP contribution in [-0.4, -0.2) is 22.5 Å². The number of terminal acetylenes is 1. The molecule has 1 unspecified atom stereocenters. The molecule has 2 aromatic rings. The van der Waals surface area contributed by atoms with Crippen LogP contribution in [0, 0.1) is 12.3 Å². The molecule has 130 valence electrons. The number of hydrogen-bond donors (Lipinski definition) is 1. The fraction of sp³-hybridized carbons (Fsp3) is 0.176. The maximum absolute atomic E-state index is 11.8. The van der Waals surface area contributed by atoms with Crippen molar-refractivity contribution < 1.29 is 19.0 Å². The predicted molar refractivity (Wildman–Crippen MR) is 98.6 cm³/mol. The number of ether oxygens (including phenoxy) is 3. The topological polar surface area (TPSA) is 57.7 Å². The lowest BCUT2D eigenvalue weighted by molar-refractivity contribution is -0.151. The highest BCUT2D eigenvalue weighted by Crippen LogP contribution is 2.33. The number of thiol groups is 1. The number of nitrogens with zero attached hydrogens (tertiary/aromatic N) is 1. The molecule has 0 aliphatic rings. The van der Waals surface area contributed by atoms with E-state index in [0.29, 0.717) is 16.5 Å². The van der Waals surface area contributed by atoms with Crippen LogP contribution < -0.4 is 9.47 Å². The third-order valence-electron chi connectivity index (χ3n) is 2.83. The zero-order valence-corrected chi connectivity index (χ0v) is 15.4. The molecule has 1 heterocycles. The van der Waals surface area contributed by atoms with Crippen molar-refractivity contribution in [2.75, 3.05) is 6.61 Å². The summed E-state index contributed by atoms with van der Waals surface area (Å²) in [6, 6.07) is 7.98. The quantitative estimate of drug-likeness (QED) is 0.339. The van der Waals surface area contributed by atoms with Gasteiger partial charge in [-0.3, -0.25) is 0 Å². The summed E-state index contributed by atoms with van der Waals surface area (Å²) in [5, 5.41) is 0.548. The standard InChI is InChI=1S/C17H13Cl2NO4S/c1-3-10-22-16(21)17(2,25)24-12-6-4-11(5-7-12)23-15-14(19)13(18)8-9-20-15/h1,4-9,25H,10H2,2H3. The van der Waals surface area contributed by atoms with E-state index in [2.05, 4.69) is 23.5 Å². The van der Waals surface area contributed by atoms with Gasteiger partial charge in [0.15, 0.2) is 6.61 Å². The monoisotopic (exact) mass is 397 g/mol. The lowest BCUT2D eigenvalue weighted by Crippen LogP contribution is -2.37. The molecule has 2 rings (SSSR count). The van der Waals surface area contributed by atoms with Gasteiger partial charge >= 0.3 is 5.97 Å². The second kappa shape index (κ2) is 8.34. The molecule has 0 bridgehead atoms. The second-order valence-corrected chi connectivity index (χ2v) is 6.49. The highest BCUT2D eigenvalue weighted by molar-refractivity contribution is 7.82. The first-order chi connectivity index (χ1) is 11.8. The maximum atomic E-state index is 11.8. The first-order valence-electron chi connectivity index (χ1n) is 6.93. The first kappa shape index (κ1) is 19.3. The van der Waals surface area contributed by atoms with Crippen LogP contribution in [0.1, 0.15) is 6.92 Å². The average Bonchev–Trinajstić information content (AvgIpc) is 2.58. The third-order valence-corrected chi connectivity index (χ3v) is 3.88. The van der Waals surface area contributed by atoms with Crippen LogP contribution in [0.2, 0.25) is 10.0 Å². The molecule has 1 atom stereocenters. The van der Waals surface area contributed by atoms with Gasteiger partial charge in [-0.05, 0) is 37.3 Å². The van der Waals surface area contributed by atoms with Crippen LogP contribution in [0.3, 0.4) is 0 Å². The average molecular weight is 398 g/mol. The minimum Gasteiger partial charge on any atom is -0.466 e. The number of esters is 1. The normalized spacial score (nSPS) is 12.6. The van der Waals surface area contributed by atoms with Gasteiger partial charge in [-0.1, -0.05) is 29.1 Å². The Bertz CT molecular complexity index is 803. The van der Waals surface area contributed by atoms with Crippen molar-refractivity contribution in [1.82, 2.24) is 4.98 Å². The van der Waals surface area contributed by atoms with Crippen molar-refractivity contribution in [2.45, 2.75) is 11.9 Å². The molecule has 0 saturated carbocycles. The molecule has 0 spiro atoms. The van der Waals surface area contributed by atoms with Crippen LogP contribution in [0.4, 0.5) is 0 Å². The lowest BCUT2D eigenvalue weighted by Gasteiger charge is -2.22. The molecule has 5 nitrogen and oxygen atoms in total. The van der Waals surface area contributed by atoms with E-state index in [0.717, 1.165) is 0 Å². The van der Waals surface area contributed by atoms with Gasteiger partial charge in [0.1, 0.15) is 16.5 Å². The first-order valence-corrected chi connectivity index (χ1v) is 8.14. The van der Waals surface area contributed by atoms with Crippen molar-refractivity contribution in [2.24, 2.45) is 0 Å². The van der Waals surface area contributed by atoms with Crippen LogP contribution in [0.15, 0.2) is 36.5 Å². The summed E-state index contributed by atoms with van der Waals surface area (Å²) in [6.45, 7) is 1.30. The summed E-state index contributed by atoms with van der Waals surface area (Å²) < 4.78 is 15.9. The highest BCUT2D eigenvalue weighted by Gasteiger charge is 2.33. The number of hydrogen-bond acceptors (Lipinski definition) is 6. The van der Waals surface area contributed by atoms with E-state index in [9.17, 15) is 4.79 Å². The zero-order chi connectivity index (χ0) is 18.4. The van der Waals surface area contributed by atoms with E-state index in [-0.39, 0.29) is 17.5 Å². The van der Waals surface area contributed by atoms with Crippen molar-refractivity contribution in [3.63, 3.8) is 0 Å². The van der Waals surface area contributed by atoms with E-state index in [1.165, 1.54) is 13.1 Å². The highest BCUT2D eigenvalue weighted by atomic mass is 35.5. The summed E-state index contributed by atoms with van der Waals surface area (Å²) in [5.74, 6) is 2.53. The molecule has 0 fully saturated rings. The van der Waals surface area contributed by atoms with Gasteiger partial charge in [0.25, 0.3) is 0 Å². The summed E-state index contributed by atoms with van der Waals surface area (Å²) in [4.78, 5) is 14.3. The Kier molecular flexibility index (Phi) is 6.43. The van der Waals surface area contributed by atoms with Gasteiger partial charge < -0.3 is 14.2 Å². The predicted octanol–water partition coefficient (Wildman–Crippen LogP) is 4.38. The minimum absolute atomic E-state index is 0.154. The van der Waals surface area contributed by atoms with Crippen LogP contribution in [-0.2, 0) is 9.53 Å². The number of carbonyl (C=O) groups is 1. The second-order valence-electron chi connectivity index (χ2n) is 4.85. The van der Waals surface area contributed by atoms with E-state index >= 15 is 0 Å². The van der Waals surface area contributed by atoms with Gasteiger partial charge in [0, 0.05) is 6.20 Å². The zero-order valence-electron chi connectivity index (χ0n) is 13.0. The van der Waals surface area contributed by atoms with Gasteiger partial charge in [0.05, 0.1) is 5.02 Å². The molecule has 8 heteroatoms. The third kappa shape index (κ3) is 5.20. The lowest BCUT2D eigenvalue weighted by atomic mass is 10.3.